The van der Waals surface area contributed by atoms with Gasteiger partial charge in [0.15, 0.2) is 5.60 Å². The molecule has 286 valence electrons. The molecule has 5 aromatic rings. The van der Waals surface area contributed by atoms with E-state index in [1.54, 1.807) is 29.0 Å². The highest BCUT2D eigenvalue weighted by Gasteiger charge is 2.67. The molecule has 5 atom stereocenters. The molecule has 0 saturated carbocycles. The van der Waals surface area contributed by atoms with Gasteiger partial charge in [0.1, 0.15) is 5.75 Å². The molecule has 0 radical (unpaired) electrons. The van der Waals surface area contributed by atoms with Crippen LogP contribution in [-0.2, 0) is 32.9 Å². The standard InChI is InChI=1S/C46H47N3O6Si/c1-30-43(56(3,4)38-22-20-37(54-2)21-23-38)41(27-42(51)48-28-33-16-12-11-15-32(33)25-36(48)29-50)55-46(30)39-26-34(47-44(52)31-13-7-5-8-14-31)19-24-40(39)49(45(46)53)35-17-9-6-10-18-35/h5-24,26,30,36,41,43,50H,25,27-29H2,1-4H3,(H,47,52)/t30-,36-,41+,43-,46+/m0/s1. The number of rotatable bonds is 9. The molecule has 3 aliphatic rings. The van der Waals surface area contributed by atoms with Gasteiger partial charge >= 0.3 is 0 Å². The van der Waals surface area contributed by atoms with Gasteiger partial charge in [-0.15, -0.1) is 0 Å². The van der Waals surface area contributed by atoms with E-state index in [2.05, 4.69) is 43.5 Å². The Morgan fingerprint density at radius 1 is 0.893 bits per heavy atom. The monoisotopic (exact) mass is 765 g/mol. The number of anilines is 3. The molecule has 1 spiro atoms. The third-order valence-corrected chi connectivity index (χ3v) is 16.7. The van der Waals surface area contributed by atoms with E-state index in [1.807, 2.05) is 97.1 Å². The van der Waals surface area contributed by atoms with E-state index in [9.17, 15) is 14.7 Å². The third-order valence-electron chi connectivity index (χ3n) is 12.3. The number of hydrogen-bond acceptors (Lipinski definition) is 6. The first-order valence-corrected chi connectivity index (χ1v) is 22.3. The summed E-state index contributed by atoms with van der Waals surface area (Å²) < 4.78 is 12.8. The number of nitrogens with one attached hydrogen (secondary N) is 1. The number of aliphatic hydroxyl groups is 1. The smallest absolute Gasteiger partial charge is 0.268 e. The Labute approximate surface area is 328 Å². The van der Waals surface area contributed by atoms with Gasteiger partial charge in [0.25, 0.3) is 11.8 Å². The quantitative estimate of drug-likeness (QED) is 0.154. The summed E-state index contributed by atoms with van der Waals surface area (Å²) in [5.41, 5.74) is 3.63. The highest BCUT2D eigenvalue weighted by Crippen LogP contribution is 2.61. The topological polar surface area (TPSA) is 108 Å². The van der Waals surface area contributed by atoms with Crippen molar-refractivity contribution in [3.63, 3.8) is 0 Å². The summed E-state index contributed by atoms with van der Waals surface area (Å²) in [7, 11) is -0.933. The summed E-state index contributed by atoms with van der Waals surface area (Å²) in [6.07, 6.45) is -0.0249. The summed E-state index contributed by atoms with van der Waals surface area (Å²) in [6.45, 7) is 6.90. The fourth-order valence-electron chi connectivity index (χ4n) is 9.47. The zero-order chi connectivity index (χ0) is 39.2. The Bertz CT molecular complexity index is 2270. The van der Waals surface area contributed by atoms with Crippen LogP contribution in [0.2, 0.25) is 18.6 Å². The minimum atomic E-state index is -2.58. The van der Waals surface area contributed by atoms with E-state index in [0.717, 1.165) is 22.1 Å². The normalized spacial score (nSPS) is 22.8. The van der Waals surface area contributed by atoms with Crippen LogP contribution in [0.25, 0.3) is 0 Å². The largest absolute Gasteiger partial charge is 0.497 e. The SMILES string of the molecule is COc1ccc([Si](C)(C)[C@@H]2[C@@H](CC(=O)N3Cc4ccccc4C[C@H]3CO)O[C@]3(C(=O)N(c4ccccc4)c4ccc(NC(=O)c5ccccc5)cc43)[C@H]2C)cc1. The first kappa shape index (κ1) is 37.4. The van der Waals surface area contributed by atoms with Crippen LogP contribution in [0.5, 0.6) is 5.75 Å². The maximum atomic E-state index is 15.4. The van der Waals surface area contributed by atoms with Crippen molar-refractivity contribution in [3.8, 4) is 5.75 Å². The van der Waals surface area contributed by atoms with Crippen molar-refractivity contribution in [3.05, 3.63) is 150 Å². The number of carbonyl (C=O) groups is 3. The number of ether oxygens (including phenoxy) is 2. The summed E-state index contributed by atoms with van der Waals surface area (Å²) >= 11 is 0. The number of para-hydroxylation sites is 1. The lowest BCUT2D eigenvalue weighted by molar-refractivity contribution is -0.150. The van der Waals surface area contributed by atoms with Crippen molar-refractivity contribution in [2.45, 2.75) is 62.7 Å². The van der Waals surface area contributed by atoms with Gasteiger partial charge in [0, 0.05) is 35.0 Å². The highest BCUT2D eigenvalue weighted by atomic mass is 28.3. The number of benzene rings is 5. The molecular weight excluding hydrogens is 719 g/mol. The Morgan fingerprint density at radius 2 is 1.55 bits per heavy atom. The molecule has 56 heavy (non-hydrogen) atoms. The average Bonchev–Trinajstić information content (AvgIpc) is 3.66. The van der Waals surface area contributed by atoms with Crippen LogP contribution >= 0.6 is 0 Å². The number of nitrogens with zero attached hydrogens (tertiary/aromatic N) is 2. The molecule has 9 nitrogen and oxygen atoms in total. The van der Waals surface area contributed by atoms with Crippen LogP contribution in [0, 0.1) is 5.92 Å². The van der Waals surface area contributed by atoms with Gasteiger partial charge in [-0.25, -0.2) is 0 Å². The molecule has 0 unspecified atom stereocenters. The van der Waals surface area contributed by atoms with Crippen LogP contribution in [0.4, 0.5) is 17.1 Å². The number of hydrogen-bond donors (Lipinski definition) is 2. The van der Waals surface area contributed by atoms with E-state index < -0.39 is 19.8 Å². The summed E-state index contributed by atoms with van der Waals surface area (Å²) in [5, 5.41) is 14.7. The lowest BCUT2D eigenvalue weighted by Gasteiger charge is -2.39. The van der Waals surface area contributed by atoms with Crippen LogP contribution in [0.3, 0.4) is 0 Å². The molecular formula is C46H47N3O6Si. The third kappa shape index (κ3) is 6.31. The summed E-state index contributed by atoms with van der Waals surface area (Å²) in [6, 6.07) is 39.9. The number of carbonyl (C=O) groups excluding carboxylic acids is 3. The summed E-state index contributed by atoms with van der Waals surface area (Å²) in [4.78, 5) is 47.0. The van der Waals surface area contributed by atoms with Crippen molar-refractivity contribution < 1.29 is 29.0 Å². The molecule has 0 aromatic heterocycles. The minimum absolute atomic E-state index is 0.0421. The van der Waals surface area contributed by atoms with Crippen molar-refractivity contribution >= 4 is 48.0 Å². The second-order valence-electron chi connectivity index (χ2n) is 15.7. The number of aliphatic hydroxyl groups excluding tert-OH is 1. The highest BCUT2D eigenvalue weighted by molar-refractivity contribution is 6.91. The van der Waals surface area contributed by atoms with Crippen molar-refractivity contribution in [2.24, 2.45) is 5.92 Å². The van der Waals surface area contributed by atoms with Crippen LogP contribution < -0.4 is 20.1 Å². The van der Waals surface area contributed by atoms with E-state index in [4.69, 9.17) is 9.47 Å². The molecule has 3 amide bonds. The molecule has 0 bridgehead atoms. The van der Waals surface area contributed by atoms with Gasteiger partial charge in [0.05, 0.1) is 46.0 Å². The lowest BCUT2D eigenvalue weighted by Crippen LogP contribution is -2.52. The summed E-state index contributed by atoms with van der Waals surface area (Å²) in [5.74, 6) is -0.231. The first-order chi connectivity index (χ1) is 27.1. The fraction of sp³-hybridized carbons (Fsp3) is 0.283. The van der Waals surface area contributed by atoms with Crippen molar-refractivity contribution in [1.82, 2.24) is 4.90 Å². The van der Waals surface area contributed by atoms with Gasteiger partial charge in [0.2, 0.25) is 5.91 Å². The van der Waals surface area contributed by atoms with Gasteiger partial charge < -0.3 is 24.8 Å². The maximum Gasteiger partial charge on any atom is 0.268 e. The lowest BCUT2D eigenvalue weighted by atomic mass is 9.82. The maximum absolute atomic E-state index is 15.4. The zero-order valence-electron chi connectivity index (χ0n) is 32.1. The first-order valence-electron chi connectivity index (χ1n) is 19.3. The number of methoxy groups -OCH3 is 1. The molecule has 10 heteroatoms. The molecule has 5 aromatic carbocycles. The number of amides is 3. The van der Waals surface area contributed by atoms with Gasteiger partial charge in [-0.05, 0) is 77.7 Å². The Morgan fingerprint density at radius 3 is 2.23 bits per heavy atom. The molecule has 8 rings (SSSR count). The van der Waals surface area contributed by atoms with E-state index in [-0.39, 0.29) is 48.3 Å². The Balaban J connectivity index is 1.23. The molecule has 2 N–H and O–H groups in total. The van der Waals surface area contributed by atoms with Crippen molar-refractivity contribution in [2.75, 3.05) is 23.9 Å². The molecule has 3 heterocycles. The predicted octanol–water partition coefficient (Wildman–Crippen LogP) is 7.18. The van der Waals surface area contributed by atoms with E-state index >= 15 is 4.79 Å². The molecule has 1 fully saturated rings. The van der Waals surface area contributed by atoms with Gasteiger partial charge in [-0.2, -0.15) is 0 Å². The molecule has 3 aliphatic heterocycles. The predicted molar refractivity (Wildman–Crippen MR) is 220 cm³/mol. The second kappa shape index (κ2) is 14.8. The Hall–Kier alpha value is -5.55. The van der Waals surface area contributed by atoms with Crippen molar-refractivity contribution in [1.29, 1.82) is 0 Å². The van der Waals surface area contributed by atoms with Gasteiger partial charge in [-0.1, -0.05) is 98.0 Å². The average molecular weight is 766 g/mol. The second-order valence-corrected chi connectivity index (χ2v) is 20.4. The van der Waals surface area contributed by atoms with Crippen LogP contribution in [0.1, 0.15) is 40.4 Å². The van der Waals surface area contributed by atoms with Gasteiger partial charge in [-0.3, -0.25) is 19.3 Å². The molecule has 1 saturated heterocycles. The van der Waals surface area contributed by atoms with E-state index in [0.29, 0.717) is 41.2 Å². The minimum Gasteiger partial charge on any atom is -0.497 e. The molecule has 0 aliphatic carbocycles. The van der Waals surface area contributed by atoms with Crippen LogP contribution in [0.15, 0.2) is 127 Å². The number of fused-ring (bicyclic) bond motifs is 3. The Kier molecular flexibility index (Phi) is 9.90. The van der Waals surface area contributed by atoms with E-state index in [1.165, 1.54) is 0 Å². The zero-order valence-corrected chi connectivity index (χ0v) is 33.1. The fourth-order valence-corrected chi connectivity index (χ4v) is 13.5. The van der Waals surface area contributed by atoms with Crippen LogP contribution in [-0.4, -0.2) is 61.7 Å².